The van der Waals surface area contributed by atoms with Gasteiger partial charge in [-0.2, -0.15) is 0 Å². The van der Waals surface area contributed by atoms with Crippen LogP contribution in [0.1, 0.15) is 113 Å². The average Bonchev–Trinajstić information content (AvgIpc) is 2.60. The number of hydrogen-bond acceptors (Lipinski definition) is 2. The van der Waals surface area contributed by atoms with E-state index < -0.39 is 0 Å². The fraction of sp³-hybridized carbons (Fsp3) is 0.880. The van der Waals surface area contributed by atoms with Crippen LogP contribution in [-0.2, 0) is 9.53 Å². The predicted molar refractivity (Wildman–Crippen MR) is 119 cm³/mol. The smallest absolute Gasteiger partial charge is 0.308 e. The number of carbonyl (C=O) groups excluding carboxylic acids is 1. The van der Waals surface area contributed by atoms with Crippen molar-refractivity contribution in [2.75, 3.05) is 6.61 Å². The minimum Gasteiger partial charge on any atom is -0.461 e. The highest BCUT2D eigenvalue weighted by atomic mass is 16.5. The van der Waals surface area contributed by atoms with E-state index in [0.29, 0.717) is 6.61 Å². The van der Waals surface area contributed by atoms with Gasteiger partial charge in [0.1, 0.15) is 6.61 Å². The predicted octanol–water partition coefficient (Wildman–Crippen LogP) is 7.96. The van der Waals surface area contributed by atoms with E-state index in [1.165, 1.54) is 56.9 Å². The maximum atomic E-state index is 11.6. The second-order valence-electron chi connectivity index (χ2n) is 9.35. The molecule has 0 N–H and O–H groups in total. The summed E-state index contributed by atoms with van der Waals surface area (Å²) in [6, 6.07) is 0. The van der Waals surface area contributed by atoms with Crippen molar-refractivity contribution < 1.29 is 9.53 Å². The lowest BCUT2D eigenvalue weighted by molar-refractivity contribution is -0.146. The Bertz CT molecular complexity index is 397. The third kappa shape index (κ3) is 15.9. The maximum Gasteiger partial charge on any atom is 0.308 e. The second-order valence-corrected chi connectivity index (χ2v) is 9.35. The topological polar surface area (TPSA) is 26.3 Å². The molecule has 0 heterocycles. The van der Waals surface area contributed by atoms with Crippen LogP contribution < -0.4 is 0 Å². The maximum absolute atomic E-state index is 11.6. The van der Waals surface area contributed by atoms with Crippen LogP contribution in [0.5, 0.6) is 0 Å². The number of allylic oxidation sites excluding steroid dienone is 1. The molecule has 2 nitrogen and oxygen atoms in total. The van der Waals surface area contributed by atoms with Gasteiger partial charge >= 0.3 is 5.97 Å². The molecule has 0 rings (SSSR count). The molecule has 0 saturated heterocycles. The van der Waals surface area contributed by atoms with Gasteiger partial charge < -0.3 is 4.74 Å². The van der Waals surface area contributed by atoms with Gasteiger partial charge in [0, 0.05) is 0 Å². The standard InChI is InChI=1S/C25H48O2/c1-8-24(7)25(26)27-19-18-23(6)17-11-16-22(5)15-10-14-21(4)13-9-12-20(2)3/h18,20-22,24H,8-17,19H2,1-7H3/b23-18+. The zero-order valence-electron chi connectivity index (χ0n) is 19.5. The summed E-state index contributed by atoms with van der Waals surface area (Å²) in [4.78, 5) is 11.6. The summed E-state index contributed by atoms with van der Waals surface area (Å²) in [6.07, 6.45) is 14.9. The molecule has 27 heavy (non-hydrogen) atoms. The first-order valence-electron chi connectivity index (χ1n) is 11.6. The van der Waals surface area contributed by atoms with E-state index in [-0.39, 0.29) is 11.9 Å². The zero-order valence-corrected chi connectivity index (χ0v) is 19.5. The highest BCUT2D eigenvalue weighted by Gasteiger charge is 2.10. The minimum absolute atomic E-state index is 0.0116. The summed E-state index contributed by atoms with van der Waals surface area (Å²) < 4.78 is 5.29. The third-order valence-corrected chi connectivity index (χ3v) is 5.81. The third-order valence-electron chi connectivity index (χ3n) is 5.81. The molecule has 0 fully saturated rings. The number of carbonyl (C=O) groups is 1. The summed E-state index contributed by atoms with van der Waals surface area (Å²) in [6.45, 7) is 16.0. The van der Waals surface area contributed by atoms with E-state index in [2.05, 4.69) is 40.7 Å². The Morgan fingerprint density at radius 3 is 1.89 bits per heavy atom. The lowest BCUT2D eigenvalue weighted by Crippen LogP contribution is -2.13. The Morgan fingerprint density at radius 1 is 0.852 bits per heavy atom. The fourth-order valence-corrected chi connectivity index (χ4v) is 3.38. The van der Waals surface area contributed by atoms with Gasteiger partial charge in [-0.15, -0.1) is 0 Å². The van der Waals surface area contributed by atoms with E-state index in [1.807, 2.05) is 13.8 Å². The molecule has 0 spiro atoms. The Kier molecular flexibility index (Phi) is 15.7. The van der Waals surface area contributed by atoms with Crippen molar-refractivity contribution in [3.63, 3.8) is 0 Å². The molecule has 160 valence electrons. The Balaban J connectivity index is 3.73. The molecular formula is C25H48O2. The summed E-state index contributed by atoms with van der Waals surface area (Å²) >= 11 is 0. The summed E-state index contributed by atoms with van der Waals surface area (Å²) in [7, 11) is 0. The molecule has 0 saturated carbocycles. The Morgan fingerprint density at radius 2 is 1.37 bits per heavy atom. The van der Waals surface area contributed by atoms with Gasteiger partial charge in [0.05, 0.1) is 5.92 Å². The molecule has 0 aromatic rings. The van der Waals surface area contributed by atoms with Crippen molar-refractivity contribution in [3.05, 3.63) is 11.6 Å². The zero-order chi connectivity index (χ0) is 20.7. The highest BCUT2D eigenvalue weighted by molar-refractivity contribution is 5.71. The molecule has 2 heteroatoms. The van der Waals surface area contributed by atoms with E-state index in [1.54, 1.807) is 0 Å². The summed E-state index contributed by atoms with van der Waals surface area (Å²) in [5.74, 6) is 2.50. The normalized spacial score (nSPS) is 15.6. The van der Waals surface area contributed by atoms with Crippen molar-refractivity contribution in [2.24, 2.45) is 23.7 Å². The summed E-state index contributed by atoms with van der Waals surface area (Å²) in [5, 5.41) is 0. The van der Waals surface area contributed by atoms with E-state index >= 15 is 0 Å². The Labute approximate surface area is 170 Å². The molecule has 0 aliphatic carbocycles. The SMILES string of the molecule is CCC(C)C(=O)OC/C=C(\C)CCCC(C)CCCC(C)CCCC(C)C. The van der Waals surface area contributed by atoms with Gasteiger partial charge in [-0.3, -0.25) is 4.79 Å². The summed E-state index contributed by atoms with van der Waals surface area (Å²) in [5.41, 5.74) is 1.35. The molecule has 0 bridgehead atoms. The molecule has 0 aliphatic heterocycles. The van der Waals surface area contributed by atoms with Gasteiger partial charge in [0.2, 0.25) is 0 Å². The van der Waals surface area contributed by atoms with Gasteiger partial charge in [0.25, 0.3) is 0 Å². The molecule has 0 radical (unpaired) electrons. The van der Waals surface area contributed by atoms with Crippen LogP contribution in [0.4, 0.5) is 0 Å². The van der Waals surface area contributed by atoms with Gasteiger partial charge in [-0.25, -0.2) is 0 Å². The van der Waals surface area contributed by atoms with E-state index in [0.717, 1.165) is 30.6 Å². The van der Waals surface area contributed by atoms with Crippen LogP contribution in [-0.4, -0.2) is 12.6 Å². The number of esters is 1. The van der Waals surface area contributed by atoms with Crippen LogP contribution in [0.25, 0.3) is 0 Å². The van der Waals surface area contributed by atoms with Crippen LogP contribution >= 0.6 is 0 Å². The van der Waals surface area contributed by atoms with Crippen LogP contribution in [0.3, 0.4) is 0 Å². The van der Waals surface area contributed by atoms with Gasteiger partial charge in [-0.1, -0.05) is 92.1 Å². The Hall–Kier alpha value is -0.790. The minimum atomic E-state index is -0.0754. The van der Waals surface area contributed by atoms with E-state index in [9.17, 15) is 4.79 Å². The van der Waals surface area contributed by atoms with Crippen LogP contribution in [0, 0.1) is 23.7 Å². The first-order valence-corrected chi connectivity index (χ1v) is 11.6. The molecule has 0 aromatic carbocycles. The lowest BCUT2D eigenvalue weighted by atomic mass is 9.91. The number of rotatable bonds is 16. The molecule has 0 aliphatic rings. The highest BCUT2D eigenvalue weighted by Crippen LogP contribution is 2.22. The first-order chi connectivity index (χ1) is 12.8. The lowest BCUT2D eigenvalue weighted by Gasteiger charge is -2.15. The van der Waals surface area contributed by atoms with Crippen molar-refractivity contribution in [1.82, 2.24) is 0 Å². The van der Waals surface area contributed by atoms with Gasteiger partial charge in [-0.05, 0) is 50.0 Å². The monoisotopic (exact) mass is 380 g/mol. The van der Waals surface area contributed by atoms with Gasteiger partial charge in [0.15, 0.2) is 0 Å². The second kappa shape index (κ2) is 16.2. The molecule has 0 amide bonds. The largest absolute Gasteiger partial charge is 0.461 e. The molecule has 3 atom stereocenters. The quantitative estimate of drug-likeness (QED) is 0.200. The van der Waals surface area contributed by atoms with Crippen molar-refractivity contribution in [2.45, 2.75) is 113 Å². The molecule has 3 unspecified atom stereocenters. The van der Waals surface area contributed by atoms with Crippen LogP contribution in [0.15, 0.2) is 11.6 Å². The van der Waals surface area contributed by atoms with E-state index in [4.69, 9.17) is 4.74 Å². The van der Waals surface area contributed by atoms with Crippen molar-refractivity contribution in [3.8, 4) is 0 Å². The van der Waals surface area contributed by atoms with Crippen molar-refractivity contribution >= 4 is 5.97 Å². The van der Waals surface area contributed by atoms with Crippen molar-refractivity contribution in [1.29, 1.82) is 0 Å². The van der Waals surface area contributed by atoms with Crippen LogP contribution in [0.2, 0.25) is 0 Å². The average molecular weight is 381 g/mol. The fourth-order valence-electron chi connectivity index (χ4n) is 3.38. The number of ether oxygens (including phenoxy) is 1. The number of hydrogen-bond donors (Lipinski definition) is 0. The molecule has 0 aromatic heterocycles. The molecular weight excluding hydrogens is 332 g/mol. The first kappa shape index (κ1) is 26.2.